The quantitative estimate of drug-likeness (QED) is 0.653. The van der Waals surface area contributed by atoms with Crippen LogP contribution in [0.3, 0.4) is 0 Å². The molecule has 1 heterocycles. The lowest BCUT2D eigenvalue weighted by molar-refractivity contribution is -0.116. The molecule has 7 heteroatoms. The zero-order valence-electron chi connectivity index (χ0n) is 14.5. The van der Waals surface area contributed by atoms with Crippen LogP contribution in [-0.2, 0) is 11.2 Å². The smallest absolute Gasteiger partial charge is 0.224 e. The van der Waals surface area contributed by atoms with Crippen molar-refractivity contribution in [2.75, 3.05) is 5.32 Å². The van der Waals surface area contributed by atoms with Crippen LogP contribution < -0.4 is 5.32 Å². The Morgan fingerprint density at radius 2 is 1.78 bits per heavy atom. The molecule has 0 fully saturated rings. The third-order valence-electron chi connectivity index (χ3n) is 3.91. The summed E-state index contributed by atoms with van der Waals surface area (Å²) in [6.45, 7) is 1.42. The van der Waals surface area contributed by atoms with E-state index >= 15 is 0 Å². The Labute approximate surface area is 154 Å². The Morgan fingerprint density at radius 1 is 1.07 bits per heavy atom. The van der Waals surface area contributed by atoms with Crippen molar-refractivity contribution >= 4 is 17.4 Å². The summed E-state index contributed by atoms with van der Waals surface area (Å²) in [6.07, 6.45) is 1.40. The maximum absolute atomic E-state index is 13.8. The van der Waals surface area contributed by atoms with Crippen molar-refractivity contribution in [3.05, 3.63) is 71.8 Å². The first-order valence-corrected chi connectivity index (χ1v) is 8.24. The molecule has 138 valence electrons. The van der Waals surface area contributed by atoms with Crippen molar-refractivity contribution < 1.29 is 22.8 Å². The highest BCUT2D eigenvalue weighted by Gasteiger charge is 2.16. The highest BCUT2D eigenvalue weighted by Crippen LogP contribution is 2.26. The van der Waals surface area contributed by atoms with Gasteiger partial charge < -0.3 is 9.73 Å². The number of aryl methyl sites for hydroxylation is 1. The average molecular weight is 370 g/mol. The number of ketones is 1. The van der Waals surface area contributed by atoms with Crippen LogP contribution >= 0.6 is 0 Å². The first-order valence-electron chi connectivity index (χ1n) is 8.24. The minimum absolute atomic E-state index is 0.0337. The van der Waals surface area contributed by atoms with E-state index in [0.29, 0.717) is 11.3 Å². The molecule has 1 amide bonds. The molecular formula is C20H16F2N2O3. The number of rotatable bonds is 6. The lowest BCUT2D eigenvalue weighted by Crippen LogP contribution is -2.14. The number of para-hydroxylation sites is 1. The van der Waals surface area contributed by atoms with Crippen LogP contribution in [-0.4, -0.2) is 16.7 Å². The number of Topliss-reactive ketones (excluding diaryl/α,β-unsaturated/α-hetero) is 1. The predicted molar refractivity (Wildman–Crippen MR) is 95.3 cm³/mol. The Kier molecular flexibility index (Phi) is 5.40. The molecule has 27 heavy (non-hydrogen) atoms. The van der Waals surface area contributed by atoms with E-state index in [9.17, 15) is 18.4 Å². The van der Waals surface area contributed by atoms with E-state index in [2.05, 4.69) is 10.3 Å². The van der Waals surface area contributed by atoms with Crippen molar-refractivity contribution in [1.82, 2.24) is 4.98 Å². The van der Waals surface area contributed by atoms with E-state index in [1.165, 1.54) is 19.2 Å². The van der Waals surface area contributed by atoms with E-state index in [0.717, 1.165) is 12.1 Å². The number of hydrogen-bond acceptors (Lipinski definition) is 4. The minimum Gasteiger partial charge on any atom is -0.441 e. The maximum Gasteiger partial charge on any atom is 0.224 e. The summed E-state index contributed by atoms with van der Waals surface area (Å²) in [6, 6.07) is 10.2. The van der Waals surface area contributed by atoms with E-state index in [4.69, 9.17) is 4.42 Å². The number of carbonyl (C=O) groups excluding carboxylic acids is 2. The molecule has 0 radical (unpaired) electrons. The molecule has 0 aliphatic carbocycles. The SMILES string of the molecule is CC(=O)c1ccccc1NC(=O)CCc1ncc(-c2c(F)cccc2F)o1. The van der Waals surface area contributed by atoms with Gasteiger partial charge in [0.25, 0.3) is 0 Å². The number of oxazole rings is 1. The molecule has 1 N–H and O–H groups in total. The topological polar surface area (TPSA) is 72.2 Å². The van der Waals surface area contributed by atoms with Crippen LogP contribution in [0.4, 0.5) is 14.5 Å². The zero-order chi connectivity index (χ0) is 19.4. The minimum atomic E-state index is -0.753. The van der Waals surface area contributed by atoms with Crippen molar-refractivity contribution in [2.24, 2.45) is 0 Å². The first-order chi connectivity index (χ1) is 13.0. The number of aromatic nitrogens is 1. The average Bonchev–Trinajstić information content (AvgIpc) is 3.09. The molecule has 3 aromatic rings. The summed E-state index contributed by atoms with van der Waals surface area (Å²) < 4.78 is 32.9. The Hall–Kier alpha value is -3.35. The summed E-state index contributed by atoms with van der Waals surface area (Å²) in [5.74, 6) is -1.85. The van der Waals surface area contributed by atoms with Gasteiger partial charge in [-0.15, -0.1) is 0 Å². The van der Waals surface area contributed by atoms with Gasteiger partial charge in [-0.05, 0) is 31.2 Å². The maximum atomic E-state index is 13.8. The number of halogens is 2. The number of carbonyl (C=O) groups is 2. The van der Waals surface area contributed by atoms with Crippen LogP contribution in [0.2, 0.25) is 0 Å². The molecule has 0 saturated heterocycles. The van der Waals surface area contributed by atoms with Gasteiger partial charge in [-0.2, -0.15) is 0 Å². The Morgan fingerprint density at radius 3 is 2.48 bits per heavy atom. The Balaban J connectivity index is 1.66. The fraction of sp³-hybridized carbons (Fsp3) is 0.150. The van der Waals surface area contributed by atoms with Gasteiger partial charge in [-0.1, -0.05) is 18.2 Å². The largest absolute Gasteiger partial charge is 0.441 e. The Bertz CT molecular complexity index is 978. The highest BCUT2D eigenvalue weighted by molar-refractivity contribution is 6.03. The van der Waals surface area contributed by atoms with Crippen LogP contribution in [0, 0.1) is 11.6 Å². The normalized spacial score (nSPS) is 10.6. The molecular weight excluding hydrogens is 354 g/mol. The molecule has 0 atom stereocenters. The molecule has 0 unspecified atom stereocenters. The molecule has 3 rings (SSSR count). The van der Waals surface area contributed by atoms with E-state index in [-0.39, 0.29) is 41.7 Å². The van der Waals surface area contributed by atoms with Gasteiger partial charge in [0.2, 0.25) is 5.91 Å². The number of benzene rings is 2. The van der Waals surface area contributed by atoms with E-state index < -0.39 is 11.6 Å². The summed E-state index contributed by atoms with van der Waals surface area (Å²) in [5.41, 5.74) is 0.548. The van der Waals surface area contributed by atoms with Crippen molar-refractivity contribution in [1.29, 1.82) is 0 Å². The van der Waals surface area contributed by atoms with Crippen LogP contribution in [0.1, 0.15) is 29.6 Å². The molecule has 5 nitrogen and oxygen atoms in total. The van der Waals surface area contributed by atoms with Gasteiger partial charge in [0, 0.05) is 18.4 Å². The standard InChI is InChI=1S/C20H16F2N2O3/c1-12(25)13-5-2-3-8-16(13)24-18(26)9-10-19-23-11-17(27-19)20-14(21)6-4-7-15(20)22/h2-8,11H,9-10H2,1H3,(H,24,26). The zero-order valence-corrected chi connectivity index (χ0v) is 14.5. The monoisotopic (exact) mass is 370 g/mol. The van der Waals surface area contributed by atoms with Crippen LogP contribution in [0.15, 0.2) is 53.1 Å². The summed E-state index contributed by atoms with van der Waals surface area (Å²) >= 11 is 0. The van der Waals surface area contributed by atoms with Gasteiger partial charge in [0.15, 0.2) is 17.4 Å². The fourth-order valence-corrected chi connectivity index (χ4v) is 2.61. The lowest BCUT2D eigenvalue weighted by Gasteiger charge is -2.08. The number of hydrogen-bond donors (Lipinski definition) is 1. The van der Waals surface area contributed by atoms with Gasteiger partial charge in [-0.25, -0.2) is 13.8 Å². The molecule has 0 spiro atoms. The molecule has 2 aromatic carbocycles. The van der Waals surface area contributed by atoms with E-state index in [1.807, 2.05) is 0 Å². The third-order valence-corrected chi connectivity index (χ3v) is 3.91. The molecule has 0 aliphatic heterocycles. The van der Waals surface area contributed by atoms with Crippen molar-refractivity contribution in [2.45, 2.75) is 19.8 Å². The molecule has 0 saturated carbocycles. The van der Waals surface area contributed by atoms with Crippen LogP contribution in [0.5, 0.6) is 0 Å². The number of nitrogens with one attached hydrogen (secondary N) is 1. The fourth-order valence-electron chi connectivity index (χ4n) is 2.61. The van der Waals surface area contributed by atoms with Crippen molar-refractivity contribution in [3.8, 4) is 11.3 Å². The summed E-state index contributed by atoms with van der Waals surface area (Å²) in [7, 11) is 0. The summed E-state index contributed by atoms with van der Waals surface area (Å²) in [5, 5.41) is 2.67. The van der Waals surface area contributed by atoms with Gasteiger partial charge in [-0.3, -0.25) is 9.59 Å². The van der Waals surface area contributed by atoms with Gasteiger partial charge in [0.05, 0.1) is 17.4 Å². The number of amides is 1. The second-order valence-electron chi connectivity index (χ2n) is 5.86. The lowest BCUT2D eigenvalue weighted by atomic mass is 10.1. The second-order valence-corrected chi connectivity index (χ2v) is 5.86. The highest BCUT2D eigenvalue weighted by atomic mass is 19.1. The number of nitrogens with zero attached hydrogens (tertiary/aromatic N) is 1. The first kappa shape index (κ1) is 18.4. The van der Waals surface area contributed by atoms with Gasteiger partial charge >= 0.3 is 0 Å². The molecule has 0 aliphatic rings. The van der Waals surface area contributed by atoms with E-state index in [1.54, 1.807) is 24.3 Å². The van der Waals surface area contributed by atoms with Crippen LogP contribution in [0.25, 0.3) is 11.3 Å². The second kappa shape index (κ2) is 7.90. The molecule has 1 aromatic heterocycles. The predicted octanol–water partition coefficient (Wildman–Crippen LogP) is 4.39. The van der Waals surface area contributed by atoms with Crippen molar-refractivity contribution in [3.63, 3.8) is 0 Å². The summed E-state index contributed by atoms with van der Waals surface area (Å²) in [4.78, 5) is 27.7. The number of anilines is 1. The molecule has 0 bridgehead atoms. The van der Waals surface area contributed by atoms with Gasteiger partial charge in [0.1, 0.15) is 11.6 Å². The third kappa shape index (κ3) is 4.25.